The zero-order valence-corrected chi connectivity index (χ0v) is 11.1. The molecule has 0 bridgehead atoms. The normalized spacial score (nSPS) is 20.8. The van der Waals surface area contributed by atoms with Gasteiger partial charge in [0, 0.05) is 19.5 Å². The van der Waals surface area contributed by atoms with Gasteiger partial charge >= 0.3 is 0 Å². The summed E-state index contributed by atoms with van der Waals surface area (Å²) in [6.07, 6.45) is 0.621. The Morgan fingerprint density at radius 2 is 1.94 bits per heavy atom. The van der Waals surface area contributed by atoms with E-state index < -0.39 is 0 Å². The SMILES string of the molecule is COc1ccc(C2CN(C)CCC2=O)cc1OC. The number of ether oxygens (including phenoxy) is 2. The molecular formula is C14H19NO3. The first-order valence-corrected chi connectivity index (χ1v) is 6.09. The van der Waals surface area contributed by atoms with Gasteiger partial charge in [-0.05, 0) is 24.7 Å². The van der Waals surface area contributed by atoms with Crippen molar-refractivity contribution in [1.82, 2.24) is 4.90 Å². The number of ketones is 1. The maximum Gasteiger partial charge on any atom is 0.161 e. The minimum absolute atomic E-state index is 0.0523. The quantitative estimate of drug-likeness (QED) is 0.817. The highest BCUT2D eigenvalue weighted by molar-refractivity contribution is 5.87. The summed E-state index contributed by atoms with van der Waals surface area (Å²) in [6, 6.07) is 5.71. The fourth-order valence-corrected chi connectivity index (χ4v) is 2.34. The van der Waals surface area contributed by atoms with E-state index in [1.54, 1.807) is 14.2 Å². The Labute approximate surface area is 107 Å². The highest BCUT2D eigenvalue weighted by atomic mass is 16.5. The first-order valence-electron chi connectivity index (χ1n) is 6.09. The molecule has 0 spiro atoms. The fraction of sp³-hybridized carbons (Fsp3) is 0.500. The van der Waals surface area contributed by atoms with Gasteiger partial charge in [0.05, 0.1) is 20.1 Å². The van der Waals surface area contributed by atoms with E-state index in [0.29, 0.717) is 23.7 Å². The molecule has 1 fully saturated rings. The van der Waals surface area contributed by atoms with E-state index in [1.165, 1.54) is 0 Å². The number of carbonyl (C=O) groups is 1. The van der Waals surface area contributed by atoms with Crippen LogP contribution >= 0.6 is 0 Å². The maximum absolute atomic E-state index is 12.0. The van der Waals surface area contributed by atoms with Crippen molar-refractivity contribution in [2.45, 2.75) is 12.3 Å². The number of hydrogen-bond acceptors (Lipinski definition) is 4. The van der Waals surface area contributed by atoms with Gasteiger partial charge in [-0.25, -0.2) is 0 Å². The van der Waals surface area contributed by atoms with Gasteiger partial charge in [-0.2, -0.15) is 0 Å². The van der Waals surface area contributed by atoms with E-state index in [1.807, 2.05) is 25.2 Å². The van der Waals surface area contributed by atoms with Crippen LogP contribution in [0.15, 0.2) is 18.2 Å². The number of nitrogens with zero attached hydrogens (tertiary/aromatic N) is 1. The predicted octanol–water partition coefficient (Wildman–Crippen LogP) is 1.69. The number of hydrogen-bond donors (Lipinski definition) is 0. The number of Topliss-reactive ketones (excluding diaryl/α,β-unsaturated/α-hetero) is 1. The van der Waals surface area contributed by atoms with Gasteiger partial charge in [-0.15, -0.1) is 0 Å². The lowest BCUT2D eigenvalue weighted by Gasteiger charge is -2.29. The molecule has 1 heterocycles. The van der Waals surface area contributed by atoms with Gasteiger partial charge < -0.3 is 14.4 Å². The van der Waals surface area contributed by atoms with Crippen LogP contribution in [0.5, 0.6) is 11.5 Å². The number of carbonyl (C=O) groups excluding carboxylic acids is 1. The molecule has 0 saturated carbocycles. The Bertz CT molecular complexity index is 445. The van der Waals surface area contributed by atoms with Crippen LogP contribution < -0.4 is 9.47 Å². The van der Waals surface area contributed by atoms with E-state index in [-0.39, 0.29) is 5.92 Å². The van der Waals surface area contributed by atoms with E-state index >= 15 is 0 Å². The third kappa shape index (κ3) is 2.48. The number of benzene rings is 1. The predicted molar refractivity (Wildman–Crippen MR) is 69.4 cm³/mol. The Hall–Kier alpha value is -1.55. The molecule has 0 radical (unpaired) electrons. The van der Waals surface area contributed by atoms with Crippen molar-refractivity contribution in [3.63, 3.8) is 0 Å². The van der Waals surface area contributed by atoms with Crippen LogP contribution in [0.1, 0.15) is 17.9 Å². The van der Waals surface area contributed by atoms with E-state index in [4.69, 9.17) is 9.47 Å². The van der Waals surface area contributed by atoms with E-state index in [9.17, 15) is 4.79 Å². The molecule has 1 aliphatic rings. The second kappa shape index (κ2) is 5.40. The van der Waals surface area contributed by atoms with Gasteiger partial charge in [0.2, 0.25) is 0 Å². The van der Waals surface area contributed by atoms with Crippen molar-refractivity contribution in [3.8, 4) is 11.5 Å². The molecule has 4 nitrogen and oxygen atoms in total. The van der Waals surface area contributed by atoms with E-state index in [0.717, 1.165) is 18.7 Å². The van der Waals surface area contributed by atoms with Gasteiger partial charge in [-0.3, -0.25) is 4.79 Å². The summed E-state index contributed by atoms with van der Waals surface area (Å²) in [7, 11) is 5.26. The summed E-state index contributed by atoms with van der Waals surface area (Å²) >= 11 is 0. The highest BCUT2D eigenvalue weighted by Gasteiger charge is 2.27. The average molecular weight is 249 g/mol. The molecule has 1 aromatic rings. The van der Waals surface area contributed by atoms with Crippen LogP contribution in [0, 0.1) is 0 Å². The summed E-state index contributed by atoms with van der Waals surface area (Å²) in [5.74, 6) is 1.62. The average Bonchev–Trinajstić information content (AvgIpc) is 2.40. The van der Waals surface area contributed by atoms with Crippen LogP contribution in [0.3, 0.4) is 0 Å². The summed E-state index contributed by atoms with van der Waals surface area (Å²) in [4.78, 5) is 14.2. The zero-order valence-electron chi connectivity index (χ0n) is 11.1. The molecule has 0 aliphatic carbocycles. The molecule has 18 heavy (non-hydrogen) atoms. The van der Waals surface area contributed by atoms with Crippen LogP contribution in [-0.4, -0.2) is 45.0 Å². The Balaban J connectivity index is 2.29. The summed E-state index contributed by atoms with van der Waals surface area (Å²) in [6.45, 7) is 1.62. The van der Waals surface area contributed by atoms with Crippen molar-refractivity contribution >= 4 is 5.78 Å². The molecule has 1 atom stereocenters. The lowest BCUT2D eigenvalue weighted by molar-refractivity contribution is -0.123. The zero-order chi connectivity index (χ0) is 13.1. The van der Waals surface area contributed by atoms with Crippen molar-refractivity contribution in [1.29, 1.82) is 0 Å². The number of rotatable bonds is 3. The second-order valence-electron chi connectivity index (χ2n) is 4.65. The van der Waals surface area contributed by atoms with Crippen molar-refractivity contribution < 1.29 is 14.3 Å². The first kappa shape index (κ1) is 12.9. The number of likely N-dealkylation sites (N-methyl/N-ethyl adjacent to an activating group) is 1. The molecule has 2 rings (SSSR count). The van der Waals surface area contributed by atoms with Gasteiger partial charge in [0.15, 0.2) is 11.5 Å². The minimum Gasteiger partial charge on any atom is -0.493 e. The third-order valence-corrected chi connectivity index (χ3v) is 3.43. The fourth-order valence-electron chi connectivity index (χ4n) is 2.34. The number of likely N-dealkylation sites (tertiary alicyclic amines) is 1. The molecule has 0 amide bonds. The standard InChI is InChI=1S/C14H19NO3/c1-15-7-6-12(16)11(9-15)10-4-5-13(17-2)14(8-10)18-3/h4-5,8,11H,6-7,9H2,1-3H3. The van der Waals surface area contributed by atoms with Crippen LogP contribution in [0.25, 0.3) is 0 Å². The first-order chi connectivity index (χ1) is 8.65. The third-order valence-electron chi connectivity index (χ3n) is 3.43. The molecule has 4 heteroatoms. The molecule has 0 aromatic heterocycles. The second-order valence-corrected chi connectivity index (χ2v) is 4.65. The highest BCUT2D eigenvalue weighted by Crippen LogP contribution is 2.32. The lowest BCUT2D eigenvalue weighted by atomic mass is 9.89. The molecule has 98 valence electrons. The Kier molecular flexibility index (Phi) is 3.87. The summed E-state index contributed by atoms with van der Waals surface area (Å²) in [5, 5.41) is 0. The van der Waals surface area contributed by atoms with Gasteiger partial charge in [0.25, 0.3) is 0 Å². The topological polar surface area (TPSA) is 38.8 Å². The van der Waals surface area contributed by atoms with Crippen LogP contribution in [0.4, 0.5) is 0 Å². The van der Waals surface area contributed by atoms with Gasteiger partial charge in [0.1, 0.15) is 5.78 Å². The maximum atomic E-state index is 12.0. The molecular weight excluding hydrogens is 230 g/mol. The van der Waals surface area contributed by atoms with Crippen molar-refractivity contribution in [2.24, 2.45) is 0 Å². The summed E-state index contributed by atoms with van der Waals surface area (Å²) in [5.41, 5.74) is 1.00. The molecule has 0 N–H and O–H groups in total. The van der Waals surface area contributed by atoms with Crippen molar-refractivity contribution in [2.75, 3.05) is 34.4 Å². The van der Waals surface area contributed by atoms with Crippen molar-refractivity contribution in [3.05, 3.63) is 23.8 Å². The smallest absolute Gasteiger partial charge is 0.161 e. The number of piperidine rings is 1. The lowest BCUT2D eigenvalue weighted by Crippen LogP contribution is -2.36. The summed E-state index contributed by atoms with van der Waals surface area (Å²) < 4.78 is 10.5. The molecule has 1 aliphatic heterocycles. The largest absolute Gasteiger partial charge is 0.493 e. The Morgan fingerprint density at radius 3 is 2.61 bits per heavy atom. The minimum atomic E-state index is -0.0523. The van der Waals surface area contributed by atoms with E-state index in [2.05, 4.69) is 4.90 Å². The Morgan fingerprint density at radius 1 is 1.22 bits per heavy atom. The van der Waals surface area contributed by atoms with Gasteiger partial charge in [-0.1, -0.05) is 6.07 Å². The number of methoxy groups -OCH3 is 2. The van der Waals surface area contributed by atoms with Crippen LogP contribution in [-0.2, 0) is 4.79 Å². The molecule has 1 saturated heterocycles. The van der Waals surface area contributed by atoms with Crippen LogP contribution in [0.2, 0.25) is 0 Å². The monoisotopic (exact) mass is 249 g/mol. The molecule has 1 aromatic carbocycles. The molecule has 1 unspecified atom stereocenters.